The topological polar surface area (TPSA) is 112 Å². The summed E-state index contributed by atoms with van der Waals surface area (Å²) in [5.41, 5.74) is 8.74. The van der Waals surface area contributed by atoms with E-state index in [0.29, 0.717) is 27.6 Å². The maximum absolute atomic E-state index is 11.8. The van der Waals surface area contributed by atoms with Crippen LogP contribution >= 0.6 is 23.1 Å². The predicted octanol–water partition coefficient (Wildman–Crippen LogP) is 2.55. The lowest BCUT2D eigenvalue weighted by molar-refractivity contribution is -0.118. The Morgan fingerprint density at radius 2 is 2.23 bits per heavy atom. The summed E-state index contributed by atoms with van der Waals surface area (Å²) in [5.74, 6) is 1.25. The summed E-state index contributed by atoms with van der Waals surface area (Å²) in [4.78, 5) is 11.8. The Bertz CT molecular complexity index is 764. The zero-order chi connectivity index (χ0) is 18.9. The highest BCUT2D eigenvalue weighted by molar-refractivity contribution is 8.01. The molecule has 0 spiro atoms. The number of nitrogen functional groups attached to an aromatic ring is 1. The minimum Gasteiger partial charge on any atom is -0.490 e. The Labute approximate surface area is 160 Å². The second-order valence-electron chi connectivity index (χ2n) is 5.29. The first-order valence-corrected chi connectivity index (χ1v) is 9.75. The fourth-order valence-electron chi connectivity index (χ4n) is 1.84. The van der Waals surface area contributed by atoms with Gasteiger partial charge in [-0.05, 0) is 44.5 Å². The largest absolute Gasteiger partial charge is 0.490 e. The zero-order valence-electron chi connectivity index (χ0n) is 14.8. The highest BCUT2D eigenvalue weighted by atomic mass is 32.2. The van der Waals surface area contributed by atoms with Crippen molar-refractivity contribution in [3.8, 4) is 11.5 Å². The van der Waals surface area contributed by atoms with Gasteiger partial charge in [-0.3, -0.25) is 4.79 Å². The van der Waals surface area contributed by atoms with E-state index in [1.807, 2.05) is 39.0 Å². The molecular weight excluding hydrogens is 374 g/mol. The summed E-state index contributed by atoms with van der Waals surface area (Å²) in [6.07, 6.45) is 1.60. The highest BCUT2D eigenvalue weighted by Crippen LogP contribution is 2.29. The van der Waals surface area contributed by atoms with Gasteiger partial charge in [0.2, 0.25) is 5.13 Å². The van der Waals surface area contributed by atoms with Crippen LogP contribution in [0.4, 0.5) is 5.13 Å². The van der Waals surface area contributed by atoms with Crippen LogP contribution in [0.15, 0.2) is 27.6 Å². The van der Waals surface area contributed by atoms with Crippen LogP contribution in [0.5, 0.6) is 11.5 Å². The summed E-state index contributed by atoms with van der Waals surface area (Å²) in [7, 11) is 0. The van der Waals surface area contributed by atoms with Crippen molar-refractivity contribution in [3.05, 3.63) is 23.8 Å². The molecule has 8 nitrogen and oxygen atoms in total. The summed E-state index contributed by atoms with van der Waals surface area (Å²) >= 11 is 2.49. The Morgan fingerprint density at radius 3 is 2.88 bits per heavy atom. The van der Waals surface area contributed by atoms with Crippen molar-refractivity contribution in [2.75, 3.05) is 18.1 Å². The normalized spacial score (nSPS) is 11.1. The van der Waals surface area contributed by atoms with E-state index in [0.717, 1.165) is 5.56 Å². The molecule has 0 saturated carbocycles. The maximum atomic E-state index is 11.8. The molecule has 0 radical (unpaired) electrons. The summed E-state index contributed by atoms with van der Waals surface area (Å²) in [6, 6.07) is 5.48. The molecule has 0 aliphatic carbocycles. The number of nitrogens with zero attached hydrogens (tertiary/aromatic N) is 3. The molecule has 3 N–H and O–H groups in total. The van der Waals surface area contributed by atoms with Crippen molar-refractivity contribution in [1.29, 1.82) is 0 Å². The number of anilines is 1. The van der Waals surface area contributed by atoms with E-state index in [1.165, 1.54) is 23.1 Å². The van der Waals surface area contributed by atoms with E-state index in [-0.39, 0.29) is 17.8 Å². The van der Waals surface area contributed by atoms with Gasteiger partial charge in [0.15, 0.2) is 15.8 Å². The van der Waals surface area contributed by atoms with Gasteiger partial charge in [-0.2, -0.15) is 5.10 Å². The number of carbonyl (C=O) groups is 1. The first-order valence-electron chi connectivity index (χ1n) is 7.95. The molecule has 0 aliphatic heterocycles. The Balaban J connectivity index is 1.90. The monoisotopic (exact) mass is 395 g/mol. The van der Waals surface area contributed by atoms with E-state index in [9.17, 15) is 4.79 Å². The van der Waals surface area contributed by atoms with E-state index in [2.05, 4.69) is 20.7 Å². The third-order valence-electron chi connectivity index (χ3n) is 2.78. The molecule has 1 aromatic heterocycles. The van der Waals surface area contributed by atoms with Gasteiger partial charge in [0.25, 0.3) is 5.91 Å². The lowest BCUT2D eigenvalue weighted by Crippen LogP contribution is -2.19. The molecule has 2 rings (SSSR count). The summed E-state index contributed by atoms with van der Waals surface area (Å²) in [6.45, 7) is 6.34. The number of ether oxygens (including phenoxy) is 2. The van der Waals surface area contributed by atoms with Gasteiger partial charge in [0.05, 0.1) is 24.7 Å². The van der Waals surface area contributed by atoms with Gasteiger partial charge in [-0.1, -0.05) is 23.1 Å². The Kier molecular flexibility index (Phi) is 7.67. The molecule has 2 aromatic rings. The van der Waals surface area contributed by atoms with E-state index < -0.39 is 0 Å². The second kappa shape index (κ2) is 9.97. The Morgan fingerprint density at radius 1 is 1.42 bits per heavy atom. The van der Waals surface area contributed by atoms with Crippen LogP contribution in [-0.2, 0) is 4.79 Å². The van der Waals surface area contributed by atoms with Crippen LogP contribution in [0, 0.1) is 0 Å². The quantitative estimate of drug-likeness (QED) is 0.381. The molecule has 0 atom stereocenters. The number of nitrogens with two attached hydrogens (primary N) is 1. The fourth-order valence-corrected chi connectivity index (χ4v) is 3.27. The number of amides is 1. The summed E-state index contributed by atoms with van der Waals surface area (Å²) in [5, 5.41) is 11.9. The van der Waals surface area contributed by atoms with Crippen molar-refractivity contribution < 1.29 is 14.3 Å². The number of carbonyl (C=O) groups excluding carboxylic acids is 1. The molecule has 0 aliphatic rings. The number of nitrogens with one attached hydrogen (secondary N) is 1. The molecule has 10 heteroatoms. The molecular formula is C16H21N5O3S2. The van der Waals surface area contributed by atoms with E-state index in [4.69, 9.17) is 15.2 Å². The highest BCUT2D eigenvalue weighted by Gasteiger charge is 2.08. The maximum Gasteiger partial charge on any atom is 0.250 e. The van der Waals surface area contributed by atoms with Crippen molar-refractivity contribution >= 4 is 40.4 Å². The zero-order valence-corrected chi connectivity index (χ0v) is 16.4. The van der Waals surface area contributed by atoms with Gasteiger partial charge in [0.1, 0.15) is 0 Å². The molecule has 0 unspecified atom stereocenters. The minimum atomic E-state index is -0.246. The van der Waals surface area contributed by atoms with Crippen LogP contribution < -0.4 is 20.6 Å². The van der Waals surface area contributed by atoms with Gasteiger partial charge < -0.3 is 15.2 Å². The Hall–Kier alpha value is -2.33. The number of rotatable bonds is 9. The molecule has 1 heterocycles. The van der Waals surface area contributed by atoms with Crippen LogP contribution in [-0.4, -0.2) is 40.8 Å². The smallest absolute Gasteiger partial charge is 0.250 e. The number of benzene rings is 1. The number of hydrazone groups is 1. The minimum absolute atomic E-state index is 0.0499. The molecule has 0 bridgehead atoms. The first-order chi connectivity index (χ1) is 12.5. The number of thioether (sulfide) groups is 1. The van der Waals surface area contributed by atoms with E-state index >= 15 is 0 Å². The SMILES string of the molecule is CCOc1cc(C=NNC(=O)CSc2nnc(N)s2)ccc1OC(C)C. The molecule has 140 valence electrons. The van der Waals surface area contributed by atoms with Crippen molar-refractivity contribution in [1.82, 2.24) is 15.6 Å². The lowest BCUT2D eigenvalue weighted by Gasteiger charge is -2.14. The number of aromatic nitrogens is 2. The van der Waals surface area contributed by atoms with Gasteiger partial charge in [0, 0.05) is 0 Å². The van der Waals surface area contributed by atoms with Crippen LogP contribution in [0.25, 0.3) is 0 Å². The van der Waals surface area contributed by atoms with Crippen molar-refractivity contribution in [2.45, 2.75) is 31.2 Å². The molecule has 26 heavy (non-hydrogen) atoms. The molecule has 1 amide bonds. The third kappa shape index (κ3) is 6.52. The standard InChI is InChI=1S/C16H21N5O3S2/c1-4-23-13-7-11(5-6-12(13)24-10(2)3)8-18-19-14(22)9-25-16-21-20-15(17)26-16/h5-8,10H,4,9H2,1-3H3,(H2,17,20)(H,19,22). The number of hydrogen-bond donors (Lipinski definition) is 2. The average molecular weight is 396 g/mol. The second-order valence-corrected chi connectivity index (χ2v) is 7.53. The van der Waals surface area contributed by atoms with Gasteiger partial charge >= 0.3 is 0 Å². The van der Waals surface area contributed by atoms with Crippen LogP contribution in [0.2, 0.25) is 0 Å². The fraction of sp³-hybridized carbons (Fsp3) is 0.375. The van der Waals surface area contributed by atoms with E-state index in [1.54, 1.807) is 6.21 Å². The lowest BCUT2D eigenvalue weighted by atomic mass is 10.2. The molecule has 1 aromatic carbocycles. The average Bonchev–Trinajstić information content (AvgIpc) is 3.00. The van der Waals surface area contributed by atoms with Gasteiger partial charge in [-0.15, -0.1) is 10.2 Å². The predicted molar refractivity (Wildman–Crippen MR) is 104 cm³/mol. The van der Waals surface area contributed by atoms with Crippen LogP contribution in [0.1, 0.15) is 26.3 Å². The van der Waals surface area contributed by atoms with Gasteiger partial charge in [-0.25, -0.2) is 5.43 Å². The third-order valence-corrected chi connectivity index (χ3v) is 4.67. The summed E-state index contributed by atoms with van der Waals surface area (Å²) < 4.78 is 11.9. The van der Waals surface area contributed by atoms with Crippen LogP contribution in [0.3, 0.4) is 0 Å². The van der Waals surface area contributed by atoms with Crippen molar-refractivity contribution in [2.24, 2.45) is 5.10 Å². The molecule has 0 saturated heterocycles. The first kappa shape index (κ1) is 20.0. The molecule has 0 fully saturated rings. The van der Waals surface area contributed by atoms with Crippen molar-refractivity contribution in [3.63, 3.8) is 0 Å². The number of hydrogen-bond acceptors (Lipinski definition) is 9.